The summed E-state index contributed by atoms with van der Waals surface area (Å²) in [7, 11) is 0. The van der Waals surface area contributed by atoms with Crippen LogP contribution >= 0.6 is 0 Å². The Balaban J connectivity index is 1.75. The van der Waals surface area contributed by atoms with E-state index in [-0.39, 0.29) is 12.2 Å². The Morgan fingerprint density at radius 2 is 2.00 bits per heavy atom. The minimum Gasteiger partial charge on any atom is -0.390 e. The quantitative estimate of drug-likeness (QED) is 0.683. The fourth-order valence-corrected chi connectivity index (χ4v) is 2.93. The first-order valence-electron chi connectivity index (χ1n) is 6.31. The molecule has 0 unspecified atom stereocenters. The lowest BCUT2D eigenvalue weighted by Gasteiger charge is -2.49. The van der Waals surface area contributed by atoms with Crippen molar-refractivity contribution in [2.75, 3.05) is 13.2 Å². The Kier molecular flexibility index (Phi) is 2.72. The van der Waals surface area contributed by atoms with E-state index >= 15 is 0 Å². The van der Waals surface area contributed by atoms with Crippen molar-refractivity contribution in [3.8, 4) is 0 Å². The standard InChI is InChI=1S/C12H20O5/c1-11(2)15-7-9-10(17-11)8(13)6-12(16-9)4-3-5-14-12/h8-10,13H,3-7H2,1-2H3/t8-,9-,10+,12+/m1/s1. The zero-order valence-electron chi connectivity index (χ0n) is 10.3. The van der Waals surface area contributed by atoms with Crippen LogP contribution < -0.4 is 0 Å². The van der Waals surface area contributed by atoms with Crippen LogP contribution in [0.2, 0.25) is 0 Å². The van der Waals surface area contributed by atoms with Gasteiger partial charge in [-0.2, -0.15) is 0 Å². The summed E-state index contributed by atoms with van der Waals surface area (Å²) >= 11 is 0. The summed E-state index contributed by atoms with van der Waals surface area (Å²) in [6, 6.07) is 0. The predicted molar refractivity (Wildman–Crippen MR) is 58.3 cm³/mol. The highest BCUT2D eigenvalue weighted by Crippen LogP contribution is 2.41. The lowest BCUT2D eigenvalue weighted by Crippen LogP contribution is -2.62. The molecule has 1 spiro atoms. The van der Waals surface area contributed by atoms with Gasteiger partial charge in [0.1, 0.15) is 12.2 Å². The van der Waals surface area contributed by atoms with Crippen molar-refractivity contribution in [2.24, 2.45) is 0 Å². The summed E-state index contributed by atoms with van der Waals surface area (Å²) < 4.78 is 22.9. The van der Waals surface area contributed by atoms with Crippen molar-refractivity contribution in [3.63, 3.8) is 0 Å². The number of fused-ring (bicyclic) bond motifs is 1. The third kappa shape index (κ3) is 2.11. The minimum absolute atomic E-state index is 0.232. The van der Waals surface area contributed by atoms with Crippen LogP contribution in [-0.4, -0.2) is 48.2 Å². The molecule has 0 radical (unpaired) electrons. The predicted octanol–water partition coefficient (Wildman–Crippen LogP) is 0.794. The van der Waals surface area contributed by atoms with E-state index in [4.69, 9.17) is 18.9 Å². The maximum absolute atomic E-state index is 10.2. The fraction of sp³-hybridized carbons (Fsp3) is 1.00. The van der Waals surface area contributed by atoms with Crippen LogP contribution in [0, 0.1) is 0 Å². The van der Waals surface area contributed by atoms with Crippen LogP contribution in [0.15, 0.2) is 0 Å². The number of hydrogen-bond acceptors (Lipinski definition) is 5. The van der Waals surface area contributed by atoms with Gasteiger partial charge in [-0.05, 0) is 20.3 Å². The number of aliphatic hydroxyl groups is 1. The van der Waals surface area contributed by atoms with Gasteiger partial charge in [0, 0.05) is 12.8 Å². The monoisotopic (exact) mass is 244 g/mol. The van der Waals surface area contributed by atoms with Crippen molar-refractivity contribution in [3.05, 3.63) is 0 Å². The van der Waals surface area contributed by atoms with Crippen molar-refractivity contribution in [2.45, 2.75) is 63.0 Å². The van der Waals surface area contributed by atoms with Crippen LogP contribution in [-0.2, 0) is 18.9 Å². The van der Waals surface area contributed by atoms with Crippen LogP contribution in [0.4, 0.5) is 0 Å². The molecule has 3 aliphatic rings. The summed E-state index contributed by atoms with van der Waals surface area (Å²) in [5.41, 5.74) is 0. The van der Waals surface area contributed by atoms with Crippen molar-refractivity contribution in [1.82, 2.24) is 0 Å². The average Bonchev–Trinajstić information content (AvgIpc) is 2.68. The molecule has 5 heteroatoms. The van der Waals surface area contributed by atoms with E-state index in [1.807, 2.05) is 13.8 Å². The molecule has 3 saturated heterocycles. The lowest BCUT2D eigenvalue weighted by atomic mass is 9.93. The second kappa shape index (κ2) is 3.90. The molecule has 98 valence electrons. The van der Waals surface area contributed by atoms with Gasteiger partial charge in [-0.15, -0.1) is 0 Å². The maximum atomic E-state index is 10.2. The smallest absolute Gasteiger partial charge is 0.171 e. The molecule has 4 atom stereocenters. The first-order chi connectivity index (χ1) is 8.00. The van der Waals surface area contributed by atoms with Gasteiger partial charge in [0.25, 0.3) is 0 Å². The molecule has 17 heavy (non-hydrogen) atoms. The Morgan fingerprint density at radius 3 is 2.71 bits per heavy atom. The largest absolute Gasteiger partial charge is 0.390 e. The second-order valence-corrected chi connectivity index (χ2v) is 5.58. The van der Waals surface area contributed by atoms with E-state index in [9.17, 15) is 5.11 Å². The van der Waals surface area contributed by atoms with E-state index in [1.54, 1.807) is 0 Å². The molecule has 0 aliphatic carbocycles. The van der Waals surface area contributed by atoms with Gasteiger partial charge in [-0.25, -0.2) is 0 Å². The minimum atomic E-state index is -0.646. The molecule has 0 amide bonds. The molecule has 3 heterocycles. The second-order valence-electron chi connectivity index (χ2n) is 5.58. The summed E-state index contributed by atoms with van der Waals surface area (Å²) in [6.45, 7) is 4.86. The highest BCUT2D eigenvalue weighted by molar-refractivity contribution is 4.95. The Hall–Kier alpha value is -0.200. The number of rotatable bonds is 0. The summed E-state index contributed by atoms with van der Waals surface area (Å²) in [5, 5.41) is 10.2. The SMILES string of the molecule is CC1(C)OC[C@H]2O[C@@]3(CCCO3)C[C@@H](O)[C@@H]2O1. The number of aliphatic hydroxyl groups excluding tert-OH is 1. The van der Waals surface area contributed by atoms with Crippen LogP contribution in [0.25, 0.3) is 0 Å². The fourth-order valence-electron chi connectivity index (χ4n) is 2.93. The van der Waals surface area contributed by atoms with Crippen LogP contribution in [0.3, 0.4) is 0 Å². The highest BCUT2D eigenvalue weighted by Gasteiger charge is 2.53. The zero-order chi connectivity index (χ0) is 12.1. The highest BCUT2D eigenvalue weighted by atomic mass is 16.8. The van der Waals surface area contributed by atoms with Gasteiger partial charge in [-0.1, -0.05) is 0 Å². The normalized spacial score (nSPS) is 49.2. The number of hydrogen-bond donors (Lipinski definition) is 1. The van der Waals surface area contributed by atoms with E-state index in [2.05, 4.69) is 0 Å². The van der Waals surface area contributed by atoms with Crippen LogP contribution in [0.5, 0.6) is 0 Å². The molecular formula is C12H20O5. The topological polar surface area (TPSA) is 57.2 Å². The molecule has 3 fully saturated rings. The zero-order valence-corrected chi connectivity index (χ0v) is 10.3. The molecule has 0 bridgehead atoms. The van der Waals surface area contributed by atoms with Gasteiger partial charge in [0.05, 0.1) is 19.3 Å². The van der Waals surface area contributed by atoms with Gasteiger partial charge in [0.2, 0.25) is 0 Å². The Bertz CT molecular complexity index is 297. The van der Waals surface area contributed by atoms with Crippen molar-refractivity contribution >= 4 is 0 Å². The van der Waals surface area contributed by atoms with Gasteiger partial charge in [-0.3, -0.25) is 0 Å². The molecule has 3 aliphatic heterocycles. The Morgan fingerprint density at radius 1 is 1.18 bits per heavy atom. The summed E-state index contributed by atoms with van der Waals surface area (Å²) in [5.74, 6) is -1.25. The van der Waals surface area contributed by atoms with E-state index in [0.29, 0.717) is 19.6 Å². The van der Waals surface area contributed by atoms with E-state index in [1.165, 1.54) is 0 Å². The molecule has 5 nitrogen and oxygen atoms in total. The Labute approximate surface area is 101 Å². The van der Waals surface area contributed by atoms with Gasteiger partial charge in [0.15, 0.2) is 11.6 Å². The third-order valence-corrected chi connectivity index (χ3v) is 3.71. The van der Waals surface area contributed by atoms with E-state index < -0.39 is 17.7 Å². The van der Waals surface area contributed by atoms with Gasteiger partial charge >= 0.3 is 0 Å². The van der Waals surface area contributed by atoms with E-state index in [0.717, 1.165) is 12.8 Å². The molecule has 0 aromatic rings. The summed E-state index contributed by atoms with van der Waals surface area (Å²) in [6.07, 6.45) is 1.23. The third-order valence-electron chi connectivity index (χ3n) is 3.71. The molecule has 0 aromatic heterocycles. The average molecular weight is 244 g/mol. The van der Waals surface area contributed by atoms with Crippen LogP contribution in [0.1, 0.15) is 33.1 Å². The van der Waals surface area contributed by atoms with Gasteiger partial charge < -0.3 is 24.1 Å². The molecule has 1 N–H and O–H groups in total. The summed E-state index contributed by atoms with van der Waals surface area (Å²) in [4.78, 5) is 0. The maximum Gasteiger partial charge on any atom is 0.171 e. The first kappa shape index (κ1) is 11.9. The lowest BCUT2D eigenvalue weighted by molar-refractivity contribution is -0.384. The molecular weight excluding hydrogens is 224 g/mol. The molecule has 0 saturated carbocycles. The molecule has 3 rings (SSSR count). The van der Waals surface area contributed by atoms with Crippen molar-refractivity contribution in [1.29, 1.82) is 0 Å². The first-order valence-corrected chi connectivity index (χ1v) is 6.31. The van der Waals surface area contributed by atoms with Crippen molar-refractivity contribution < 1.29 is 24.1 Å². The molecule has 0 aromatic carbocycles. The number of ether oxygens (including phenoxy) is 4.